The van der Waals surface area contributed by atoms with Crippen LogP contribution in [0.5, 0.6) is 11.6 Å². The maximum absolute atomic E-state index is 14.0. The molecule has 9 heteroatoms. The summed E-state index contributed by atoms with van der Waals surface area (Å²) in [4.78, 5) is 13.1. The third-order valence-electron chi connectivity index (χ3n) is 4.34. The van der Waals surface area contributed by atoms with Crippen molar-refractivity contribution in [3.8, 4) is 40.1 Å². The highest BCUT2D eigenvalue weighted by Gasteiger charge is 2.17. The Hall–Kier alpha value is -3.88. The molecule has 0 bridgehead atoms. The minimum Gasteiger partial charge on any atom is -0.493 e. The van der Waals surface area contributed by atoms with E-state index in [2.05, 4.69) is 25.1 Å². The summed E-state index contributed by atoms with van der Waals surface area (Å²) in [6.07, 6.45) is 4.78. The average molecular weight is 392 g/mol. The third kappa shape index (κ3) is 3.38. The van der Waals surface area contributed by atoms with Gasteiger partial charge in [-0.1, -0.05) is 6.07 Å². The van der Waals surface area contributed by atoms with Crippen molar-refractivity contribution in [2.75, 3.05) is 14.2 Å². The molecule has 8 nitrogen and oxygen atoms in total. The lowest BCUT2D eigenvalue weighted by atomic mass is 10.1. The van der Waals surface area contributed by atoms with Gasteiger partial charge in [-0.25, -0.2) is 14.4 Å². The molecule has 0 radical (unpaired) electrons. The van der Waals surface area contributed by atoms with Crippen molar-refractivity contribution in [3.63, 3.8) is 0 Å². The van der Waals surface area contributed by atoms with Gasteiger partial charge >= 0.3 is 0 Å². The Balaban J connectivity index is 1.73. The molecule has 0 saturated carbocycles. The summed E-state index contributed by atoms with van der Waals surface area (Å²) in [5.74, 6) is 1.36. The summed E-state index contributed by atoms with van der Waals surface area (Å²) in [6.45, 7) is 1.83. The zero-order valence-electron chi connectivity index (χ0n) is 16.0. The number of ether oxygens (including phenoxy) is 2. The highest BCUT2D eigenvalue weighted by atomic mass is 19.1. The lowest BCUT2D eigenvalue weighted by molar-refractivity contribution is 0.388. The van der Waals surface area contributed by atoms with Gasteiger partial charge in [0.25, 0.3) is 0 Å². The van der Waals surface area contributed by atoms with Gasteiger partial charge in [0.05, 0.1) is 44.2 Å². The van der Waals surface area contributed by atoms with Crippen molar-refractivity contribution in [2.45, 2.75) is 6.92 Å². The molecule has 0 aliphatic heterocycles. The number of rotatable bonds is 5. The average Bonchev–Trinajstić information content (AvgIpc) is 3.15. The normalized spacial score (nSPS) is 10.8. The Labute approximate surface area is 166 Å². The van der Waals surface area contributed by atoms with E-state index in [1.54, 1.807) is 43.9 Å². The van der Waals surface area contributed by atoms with E-state index in [0.29, 0.717) is 34.5 Å². The number of aryl methyl sites for hydroxylation is 1. The summed E-state index contributed by atoms with van der Waals surface area (Å²) < 4.78 is 26.0. The zero-order chi connectivity index (χ0) is 20.4. The number of hydrogen-bond donors (Lipinski definition) is 0. The summed E-state index contributed by atoms with van der Waals surface area (Å²) in [5.41, 5.74) is 2.28. The minimum atomic E-state index is -0.460. The molecule has 0 unspecified atom stereocenters. The predicted molar refractivity (Wildman–Crippen MR) is 103 cm³/mol. The van der Waals surface area contributed by atoms with Crippen LogP contribution in [-0.4, -0.2) is 43.9 Å². The largest absolute Gasteiger partial charge is 0.493 e. The van der Waals surface area contributed by atoms with Crippen LogP contribution in [0.15, 0.2) is 48.9 Å². The first-order valence-electron chi connectivity index (χ1n) is 8.70. The zero-order valence-corrected chi connectivity index (χ0v) is 16.0. The Morgan fingerprint density at radius 1 is 0.862 bits per heavy atom. The second-order valence-electron chi connectivity index (χ2n) is 6.07. The molecule has 4 aromatic rings. The first kappa shape index (κ1) is 18.5. The van der Waals surface area contributed by atoms with Crippen molar-refractivity contribution in [1.82, 2.24) is 29.7 Å². The van der Waals surface area contributed by atoms with Crippen LogP contribution in [0.1, 0.15) is 5.82 Å². The molecule has 0 spiro atoms. The third-order valence-corrected chi connectivity index (χ3v) is 4.34. The number of benzene rings is 1. The number of methoxy groups -OCH3 is 2. The fourth-order valence-corrected chi connectivity index (χ4v) is 2.96. The molecule has 0 atom stereocenters. The van der Waals surface area contributed by atoms with Crippen LogP contribution in [0.4, 0.5) is 4.39 Å². The Bertz CT molecular complexity index is 1140. The van der Waals surface area contributed by atoms with Crippen LogP contribution in [0.2, 0.25) is 0 Å². The van der Waals surface area contributed by atoms with E-state index >= 15 is 0 Å². The Morgan fingerprint density at radius 3 is 2.31 bits per heavy atom. The second-order valence-corrected chi connectivity index (χ2v) is 6.07. The molecular formula is C20H17FN6O2. The highest BCUT2D eigenvalue weighted by Crippen LogP contribution is 2.31. The fourth-order valence-electron chi connectivity index (χ4n) is 2.96. The highest BCUT2D eigenvalue weighted by molar-refractivity contribution is 5.67. The molecule has 0 saturated heterocycles. The quantitative estimate of drug-likeness (QED) is 0.515. The maximum atomic E-state index is 14.0. The number of nitrogens with zero attached hydrogens (tertiary/aromatic N) is 6. The first-order valence-corrected chi connectivity index (χ1v) is 8.70. The van der Waals surface area contributed by atoms with Gasteiger partial charge in [0.15, 0.2) is 17.4 Å². The molecule has 4 rings (SSSR count). The summed E-state index contributed by atoms with van der Waals surface area (Å²) in [6, 6.07) is 8.26. The van der Waals surface area contributed by atoms with Gasteiger partial charge in [-0.3, -0.25) is 9.55 Å². The van der Waals surface area contributed by atoms with Gasteiger partial charge < -0.3 is 9.47 Å². The molecule has 29 heavy (non-hydrogen) atoms. The number of pyridine rings is 1. The van der Waals surface area contributed by atoms with E-state index in [-0.39, 0.29) is 5.75 Å². The number of halogens is 1. The van der Waals surface area contributed by atoms with Gasteiger partial charge in [-0.05, 0) is 25.1 Å². The van der Waals surface area contributed by atoms with Crippen LogP contribution in [0.3, 0.4) is 0 Å². The fraction of sp³-hybridized carbons (Fsp3) is 0.150. The van der Waals surface area contributed by atoms with E-state index in [0.717, 1.165) is 5.69 Å². The summed E-state index contributed by atoms with van der Waals surface area (Å²) in [7, 11) is 2.97. The molecule has 0 aliphatic rings. The van der Waals surface area contributed by atoms with Gasteiger partial charge in [0.2, 0.25) is 5.88 Å². The number of aromatic nitrogens is 6. The standard InChI is InChI=1S/C20H17FN6O2/c1-12-25-26-20(27(12)13-7-8-18(28-2)24-9-13)17-11-22-16(10-23-17)14-5-4-6-15(21)19(14)29-3/h4-11H,1-3H3. The van der Waals surface area contributed by atoms with E-state index in [4.69, 9.17) is 9.47 Å². The van der Waals surface area contributed by atoms with E-state index in [1.165, 1.54) is 13.2 Å². The van der Waals surface area contributed by atoms with Crippen molar-refractivity contribution >= 4 is 0 Å². The molecule has 3 aromatic heterocycles. The summed E-state index contributed by atoms with van der Waals surface area (Å²) >= 11 is 0. The van der Waals surface area contributed by atoms with Crippen LogP contribution in [-0.2, 0) is 0 Å². The smallest absolute Gasteiger partial charge is 0.213 e. The SMILES string of the molecule is COc1ccc(-n2c(C)nnc2-c2cnc(-c3cccc(F)c3OC)cn2)cn1. The van der Waals surface area contributed by atoms with Crippen LogP contribution in [0, 0.1) is 12.7 Å². The van der Waals surface area contributed by atoms with Crippen molar-refractivity contribution in [2.24, 2.45) is 0 Å². The van der Waals surface area contributed by atoms with Crippen molar-refractivity contribution in [3.05, 3.63) is 60.6 Å². The minimum absolute atomic E-state index is 0.123. The van der Waals surface area contributed by atoms with E-state index in [1.807, 2.05) is 17.6 Å². The van der Waals surface area contributed by atoms with Crippen LogP contribution < -0.4 is 9.47 Å². The Kier molecular flexibility index (Phi) is 4.86. The van der Waals surface area contributed by atoms with Crippen LogP contribution >= 0.6 is 0 Å². The first-order chi connectivity index (χ1) is 14.1. The molecular weight excluding hydrogens is 375 g/mol. The lowest BCUT2D eigenvalue weighted by Gasteiger charge is -2.10. The lowest BCUT2D eigenvalue weighted by Crippen LogP contribution is -2.02. The Morgan fingerprint density at radius 2 is 1.66 bits per heavy atom. The number of para-hydroxylation sites is 1. The van der Waals surface area contributed by atoms with E-state index in [9.17, 15) is 4.39 Å². The van der Waals surface area contributed by atoms with Crippen molar-refractivity contribution < 1.29 is 13.9 Å². The molecule has 0 amide bonds. The number of hydrogen-bond acceptors (Lipinski definition) is 7. The van der Waals surface area contributed by atoms with Gasteiger partial charge in [-0.2, -0.15) is 0 Å². The molecule has 0 aliphatic carbocycles. The van der Waals surface area contributed by atoms with E-state index < -0.39 is 5.82 Å². The maximum Gasteiger partial charge on any atom is 0.213 e. The predicted octanol–water partition coefficient (Wildman–Crippen LogP) is 3.25. The van der Waals surface area contributed by atoms with Gasteiger partial charge in [-0.15, -0.1) is 10.2 Å². The van der Waals surface area contributed by atoms with Crippen LogP contribution in [0.25, 0.3) is 28.5 Å². The molecule has 0 fully saturated rings. The van der Waals surface area contributed by atoms with Gasteiger partial charge in [0.1, 0.15) is 11.5 Å². The summed E-state index contributed by atoms with van der Waals surface area (Å²) in [5, 5.41) is 8.37. The van der Waals surface area contributed by atoms with Gasteiger partial charge in [0, 0.05) is 11.6 Å². The second kappa shape index (κ2) is 7.63. The monoisotopic (exact) mass is 392 g/mol. The molecule has 0 N–H and O–H groups in total. The topological polar surface area (TPSA) is 87.8 Å². The molecule has 3 heterocycles. The molecule has 1 aromatic carbocycles. The molecule has 146 valence electrons. The van der Waals surface area contributed by atoms with Crippen molar-refractivity contribution in [1.29, 1.82) is 0 Å².